The fourth-order valence-electron chi connectivity index (χ4n) is 2.86. The average Bonchev–Trinajstić information content (AvgIpc) is 2.27. The molecule has 0 saturated heterocycles. The van der Waals surface area contributed by atoms with E-state index in [9.17, 15) is 4.79 Å². The summed E-state index contributed by atoms with van der Waals surface area (Å²) in [6, 6.07) is 7.29. The van der Waals surface area contributed by atoms with E-state index in [-0.39, 0.29) is 0 Å². The summed E-state index contributed by atoms with van der Waals surface area (Å²) in [5.41, 5.74) is 0.386. The Bertz CT molecular complexity index is 420. The molecule has 0 spiro atoms. The molecule has 0 aliphatic heterocycles. The van der Waals surface area contributed by atoms with Crippen LogP contribution in [0.1, 0.15) is 43.5 Å². The normalized spacial score (nSPS) is 28.0. The van der Waals surface area contributed by atoms with E-state index >= 15 is 0 Å². The Morgan fingerprint density at radius 2 is 1.89 bits per heavy atom. The van der Waals surface area contributed by atoms with Gasteiger partial charge < -0.3 is 5.11 Å². The molecule has 2 atom stereocenters. The first-order valence-electron chi connectivity index (χ1n) is 6.54. The van der Waals surface area contributed by atoms with Crippen molar-refractivity contribution in [2.45, 2.75) is 43.3 Å². The van der Waals surface area contributed by atoms with Crippen molar-refractivity contribution in [1.82, 2.24) is 0 Å². The Kier molecular flexibility index (Phi) is 4.33. The van der Waals surface area contributed by atoms with E-state index in [1.54, 1.807) is 12.1 Å². The van der Waals surface area contributed by atoms with E-state index in [0.717, 1.165) is 16.7 Å². The van der Waals surface area contributed by atoms with Gasteiger partial charge in [0.2, 0.25) is 0 Å². The summed E-state index contributed by atoms with van der Waals surface area (Å²) in [4.78, 5) is 12.0. The van der Waals surface area contributed by atoms with Crippen LogP contribution < -0.4 is 0 Å². The number of aromatic carboxylic acids is 1. The van der Waals surface area contributed by atoms with Gasteiger partial charge in [-0.25, -0.2) is 4.79 Å². The lowest BCUT2D eigenvalue weighted by atomic mass is 9.83. The van der Waals surface area contributed by atoms with Gasteiger partial charge in [-0.05, 0) is 49.3 Å². The molecule has 1 aromatic rings. The molecule has 1 fully saturated rings. The number of carbonyl (C=O) groups is 1. The number of hydrogen-bond acceptors (Lipinski definition) is 2. The summed E-state index contributed by atoms with van der Waals surface area (Å²) in [6.45, 7) is 4.63. The van der Waals surface area contributed by atoms with Gasteiger partial charge in [0.1, 0.15) is 0 Å². The Labute approximate surface area is 113 Å². The lowest BCUT2D eigenvalue weighted by Gasteiger charge is -2.31. The van der Waals surface area contributed by atoms with E-state index in [0.29, 0.717) is 10.8 Å². The molecule has 0 radical (unpaired) electrons. The van der Waals surface area contributed by atoms with E-state index in [1.165, 1.54) is 19.3 Å². The molecule has 0 amide bonds. The van der Waals surface area contributed by atoms with Gasteiger partial charge in [-0.2, -0.15) is 0 Å². The number of rotatable bonds is 3. The first kappa shape index (κ1) is 13.5. The predicted molar refractivity (Wildman–Crippen MR) is 75.2 cm³/mol. The Hall–Kier alpha value is -0.960. The van der Waals surface area contributed by atoms with Gasteiger partial charge in [-0.3, -0.25) is 0 Å². The van der Waals surface area contributed by atoms with Crippen molar-refractivity contribution >= 4 is 17.7 Å². The molecule has 0 bridgehead atoms. The Morgan fingerprint density at radius 3 is 2.50 bits per heavy atom. The van der Waals surface area contributed by atoms with Crippen molar-refractivity contribution in [3.05, 3.63) is 29.8 Å². The number of carboxylic acids is 1. The molecule has 1 aromatic carbocycles. The molecule has 0 heterocycles. The maximum absolute atomic E-state index is 10.9. The maximum atomic E-state index is 10.9. The maximum Gasteiger partial charge on any atom is 0.335 e. The molecule has 1 N–H and O–H groups in total. The molecule has 0 aromatic heterocycles. The van der Waals surface area contributed by atoms with Gasteiger partial charge in [0, 0.05) is 10.1 Å². The molecule has 98 valence electrons. The van der Waals surface area contributed by atoms with Crippen molar-refractivity contribution in [3.63, 3.8) is 0 Å². The zero-order chi connectivity index (χ0) is 13.1. The highest BCUT2D eigenvalue weighted by Crippen LogP contribution is 2.38. The van der Waals surface area contributed by atoms with Gasteiger partial charge in [0.25, 0.3) is 0 Å². The van der Waals surface area contributed by atoms with E-state index in [2.05, 4.69) is 13.8 Å². The van der Waals surface area contributed by atoms with Crippen LogP contribution in [0.5, 0.6) is 0 Å². The number of carboxylic acid groups (broad SMARTS) is 1. The second-order valence-corrected chi connectivity index (χ2v) is 6.86. The highest BCUT2D eigenvalue weighted by Gasteiger charge is 2.24. The van der Waals surface area contributed by atoms with Crippen molar-refractivity contribution < 1.29 is 9.90 Å². The highest BCUT2D eigenvalue weighted by atomic mass is 32.2. The standard InChI is InChI=1S/C15H20O2S/c1-10-6-11(2)8-14(7-10)18-13-5-3-4-12(9-13)15(16)17/h3-5,9-11,14H,6-8H2,1-2H3,(H,16,17). The number of thioether (sulfide) groups is 1. The second-order valence-electron chi connectivity index (χ2n) is 5.49. The minimum absolute atomic E-state index is 0.386. The Morgan fingerprint density at radius 1 is 1.22 bits per heavy atom. The number of benzene rings is 1. The smallest absolute Gasteiger partial charge is 0.335 e. The molecule has 18 heavy (non-hydrogen) atoms. The van der Waals surface area contributed by atoms with Gasteiger partial charge in [-0.15, -0.1) is 11.8 Å². The van der Waals surface area contributed by atoms with Gasteiger partial charge in [0.05, 0.1) is 5.56 Å². The van der Waals surface area contributed by atoms with E-state index in [1.807, 2.05) is 23.9 Å². The topological polar surface area (TPSA) is 37.3 Å². The summed E-state index contributed by atoms with van der Waals surface area (Å²) >= 11 is 1.84. The van der Waals surface area contributed by atoms with Crippen LogP contribution in [0.4, 0.5) is 0 Å². The molecule has 2 rings (SSSR count). The lowest BCUT2D eigenvalue weighted by Crippen LogP contribution is -2.21. The summed E-state index contributed by atoms with van der Waals surface area (Å²) in [5.74, 6) is 0.727. The van der Waals surface area contributed by atoms with Crippen molar-refractivity contribution in [2.24, 2.45) is 11.8 Å². The van der Waals surface area contributed by atoms with Crippen LogP contribution in [0.3, 0.4) is 0 Å². The predicted octanol–water partition coefficient (Wildman–Crippen LogP) is 4.30. The summed E-state index contributed by atoms with van der Waals surface area (Å²) in [5, 5.41) is 9.62. The van der Waals surface area contributed by atoms with Crippen LogP contribution in [0, 0.1) is 11.8 Å². The first-order chi connectivity index (χ1) is 8.54. The lowest BCUT2D eigenvalue weighted by molar-refractivity contribution is 0.0696. The largest absolute Gasteiger partial charge is 0.478 e. The van der Waals surface area contributed by atoms with Crippen molar-refractivity contribution in [2.75, 3.05) is 0 Å². The summed E-state index contributed by atoms with van der Waals surface area (Å²) in [6.07, 6.45) is 3.81. The van der Waals surface area contributed by atoms with Gasteiger partial charge in [0.15, 0.2) is 0 Å². The average molecular weight is 264 g/mol. The van der Waals surface area contributed by atoms with Gasteiger partial charge in [-0.1, -0.05) is 19.9 Å². The first-order valence-corrected chi connectivity index (χ1v) is 7.42. The number of hydrogen-bond donors (Lipinski definition) is 1. The van der Waals surface area contributed by atoms with Crippen LogP contribution >= 0.6 is 11.8 Å². The zero-order valence-electron chi connectivity index (χ0n) is 10.9. The molecule has 1 saturated carbocycles. The van der Waals surface area contributed by atoms with E-state index in [4.69, 9.17) is 5.11 Å². The monoisotopic (exact) mass is 264 g/mol. The fourth-order valence-corrected chi connectivity index (χ4v) is 4.45. The second kappa shape index (κ2) is 5.79. The highest BCUT2D eigenvalue weighted by molar-refractivity contribution is 8.00. The van der Waals surface area contributed by atoms with E-state index < -0.39 is 5.97 Å². The van der Waals surface area contributed by atoms with Crippen LogP contribution in [0.25, 0.3) is 0 Å². The molecule has 2 unspecified atom stereocenters. The van der Waals surface area contributed by atoms with Crippen LogP contribution in [-0.4, -0.2) is 16.3 Å². The SMILES string of the molecule is CC1CC(C)CC(Sc2cccc(C(=O)O)c2)C1. The molecule has 1 aliphatic rings. The van der Waals surface area contributed by atoms with Crippen LogP contribution in [-0.2, 0) is 0 Å². The molecule has 3 heteroatoms. The third-order valence-electron chi connectivity index (χ3n) is 3.52. The summed E-state index contributed by atoms with van der Waals surface area (Å²) < 4.78 is 0. The summed E-state index contributed by atoms with van der Waals surface area (Å²) in [7, 11) is 0. The minimum Gasteiger partial charge on any atom is -0.478 e. The van der Waals surface area contributed by atoms with Crippen LogP contribution in [0.2, 0.25) is 0 Å². The molecular weight excluding hydrogens is 244 g/mol. The third-order valence-corrected chi connectivity index (χ3v) is 4.76. The quantitative estimate of drug-likeness (QED) is 0.884. The van der Waals surface area contributed by atoms with Crippen molar-refractivity contribution in [1.29, 1.82) is 0 Å². The van der Waals surface area contributed by atoms with Crippen molar-refractivity contribution in [3.8, 4) is 0 Å². The fraction of sp³-hybridized carbons (Fsp3) is 0.533. The zero-order valence-corrected chi connectivity index (χ0v) is 11.7. The van der Waals surface area contributed by atoms with Gasteiger partial charge >= 0.3 is 5.97 Å². The minimum atomic E-state index is -0.845. The Balaban J connectivity index is 2.04. The molecular formula is C15H20O2S. The van der Waals surface area contributed by atoms with Crippen LogP contribution in [0.15, 0.2) is 29.2 Å². The third kappa shape index (κ3) is 3.52. The molecule has 1 aliphatic carbocycles. The molecule has 2 nitrogen and oxygen atoms in total.